The molecule has 0 radical (unpaired) electrons. The topological polar surface area (TPSA) is 66.3 Å². The number of carboxylic acids is 1. The van der Waals surface area contributed by atoms with Crippen molar-refractivity contribution in [2.45, 2.75) is 13.8 Å². The van der Waals surface area contributed by atoms with Gasteiger partial charge in [0.15, 0.2) is 0 Å². The first-order chi connectivity index (χ1) is 7.52. The second-order valence-corrected chi connectivity index (χ2v) is 3.48. The molecule has 0 aliphatic carbocycles. The van der Waals surface area contributed by atoms with Crippen LogP contribution in [0.5, 0.6) is 0 Å². The highest BCUT2D eigenvalue weighted by molar-refractivity contribution is 5.73. The molecule has 0 amide bonds. The first kappa shape index (κ1) is 12.2. The molecular weight excluding hydrogens is 206 g/mol. The van der Waals surface area contributed by atoms with Crippen LogP contribution in [0.3, 0.4) is 0 Å². The molecule has 0 fully saturated rings. The minimum atomic E-state index is -0.893. The van der Waals surface area contributed by atoms with Crippen LogP contribution in [0.2, 0.25) is 0 Å². The number of hydrogen-bond acceptors (Lipinski definition) is 4. The highest BCUT2D eigenvalue weighted by atomic mass is 16.4. The third-order valence-electron chi connectivity index (χ3n) is 1.95. The van der Waals surface area contributed by atoms with Gasteiger partial charge in [0.1, 0.15) is 18.2 Å². The fourth-order valence-electron chi connectivity index (χ4n) is 1.42. The number of nitrogens with zero attached hydrogens (tertiary/aromatic N) is 3. The first-order valence-electron chi connectivity index (χ1n) is 4.93. The molecule has 1 heterocycles. The number of aromatic nitrogens is 2. The summed E-state index contributed by atoms with van der Waals surface area (Å²) in [4.78, 5) is 20.7. The highest BCUT2D eigenvalue weighted by Gasteiger charge is 2.11. The number of carbonyl (C=O) groups is 1. The van der Waals surface area contributed by atoms with E-state index >= 15 is 0 Å². The van der Waals surface area contributed by atoms with Crippen molar-refractivity contribution in [2.75, 3.05) is 18.0 Å². The van der Waals surface area contributed by atoms with E-state index < -0.39 is 5.97 Å². The summed E-state index contributed by atoms with van der Waals surface area (Å²) < 4.78 is 0. The Morgan fingerprint density at radius 3 is 2.75 bits per heavy atom. The zero-order chi connectivity index (χ0) is 12.1. The molecule has 1 aromatic rings. The largest absolute Gasteiger partial charge is 0.480 e. The van der Waals surface area contributed by atoms with Crippen molar-refractivity contribution in [2.24, 2.45) is 0 Å². The molecule has 0 saturated carbocycles. The monoisotopic (exact) mass is 221 g/mol. The zero-order valence-electron chi connectivity index (χ0n) is 9.47. The van der Waals surface area contributed by atoms with Crippen LogP contribution in [0.25, 0.3) is 0 Å². The molecule has 5 heteroatoms. The molecular formula is C11H15N3O2. The maximum Gasteiger partial charge on any atom is 0.323 e. The molecule has 0 unspecified atom stereocenters. The average Bonchev–Trinajstić information content (AvgIpc) is 2.14. The van der Waals surface area contributed by atoms with Gasteiger partial charge >= 0.3 is 5.97 Å². The van der Waals surface area contributed by atoms with E-state index in [1.165, 1.54) is 0 Å². The third-order valence-corrected chi connectivity index (χ3v) is 1.95. The predicted molar refractivity (Wildman–Crippen MR) is 61.6 cm³/mol. The fourth-order valence-corrected chi connectivity index (χ4v) is 1.42. The standard InChI is InChI=1S/C11H15N3O2/c1-4-5-14(7-11(15)16)10-6-8(2)12-9(3)13-10/h4,6H,1,5,7H2,2-3H3,(H,15,16). The van der Waals surface area contributed by atoms with Crippen LogP contribution >= 0.6 is 0 Å². The minimum absolute atomic E-state index is 0.0953. The lowest BCUT2D eigenvalue weighted by atomic mass is 10.3. The van der Waals surface area contributed by atoms with Crippen molar-refractivity contribution < 1.29 is 9.90 Å². The second kappa shape index (κ2) is 5.25. The molecule has 0 aliphatic heterocycles. The molecule has 0 bridgehead atoms. The van der Waals surface area contributed by atoms with Gasteiger partial charge in [-0.2, -0.15) is 0 Å². The fraction of sp³-hybridized carbons (Fsp3) is 0.364. The Morgan fingerprint density at radius 1 is 1.56 bits per heavy atom. The minimum Gasteiger partial charge on any atom is -0.480 e. The molecule has 1 rings (SSSR count). The SMILES string of the molecule is C=CCN(CC(=O)O)c1cc(C)nc(C)n1. The molecule has 0 atom stereocenters. The zero-order valence-corrected chi connectivity index (χ0v) is 9.47. The van der Waals surface area contributed by atoms with Gasteiger partial charge in [0.2, 0.25) is 0 Å². The number of anilines is 1. The molecule has 0 aromatic carbocycles. The Bertz CT molecular complexity index is 384. The second-order valence-electron chi connectivity index (χ2n) is 3.48. The predicted octanol–water partition coefficient (Wildman–Crippen LogP) is 1.17. The molecule has 86 valence electrons. The van der Waals surface area contributed by atoms with Gasteiger partial charge in [-0.3, -0.25) is 4.79 Å². The summed E-state index contributed by atoms with van der Waals surface area (Å²) in [6, 6.07) is 1.76. The first-order valence-corrected chi connectivity index (χ1v) is 4.93. The molecule has 1 N–H and O–H groups in total. The number of aryl methyl sites for hydroxylation is 2. The van der Waals surface area contributed by atoms with E-state index in [0.29, 0.717) is 18.2 Å². The van der Waals surface area contributed by atoms with Crippen molar-refractivity contribution in [3.63, 3.8) is 0 Å². The van der Waals surface area contributed by atoms with Crippen LogP contribution in [0.15, 0.2) is 18.7 Å². The Labute approximate surface area is 94.5 Å². The van der Waals surface area contributed by atoms with Crippen LogP contribution in [0, 0.1) is 13.8 Å². The normalized spacial score (nSPS) is 9.88. The number of aliphatic carboxylic acids is 1. The van der Waals surface area contributed by atoms with Gasteiger partial charge in [-0.1, -0.05) is 6.08 Å². The van der Waals surface area contributed by atoms with Gasteiger partial charge in [-0.05, 0) is 13.8 Å². The Kier molecular flexibility index (Phi) is 3.99. The van der Waals surface area contributed by atoms with E-state index in [1.54, 1.807) is 24.0 Å². The van der Waals surface area contributed by atoms with Gasteiger partial charge < -0.3 is 10.0 Å². The molecule has 0 aliphatic rings. The summed E-state index contributed by atoms with van der Waals surface area (Å²) in [5.74, 6) is 0.359. The summed E-state index contributed by atoms with van der Waals surface area (Å²) in [6.07, 6.45) is 1.65. The Morgan fingerprint density at radius 2 is 2.25 bits per heavy atom. The lowest BCUT2D eigenvalue weighted by Crippen LogP contribution is -2.30. The van der Waals surface area contributed by atoms with E-state index in [0.717, 1.165) is 5.69 Å². The lowest BCUT2D eigenvalue weighted by Gasteiger charge is -2.20. The van der Waals surface area contributed by atoms with Crippen LogP contribution in [-0.4, -0.2) is 34.1 Å². The van der Waals surface area contributed by atoms with Crippen molar-refractivity contribution in [1.82, 2.24) is 9.97 Å². The molecule has 0 saturated heterocycles. The average molecular weight is 221 g/mol. The molecule has 16 heavy (non-hydrogen) atoms. The van der Waals surface area contributed by atoms with E-state index in [-0.39, 0.29) is 6.54 Å². The van der Waals surface area contributed by atoms with Crippen molar-refractivity contribution >= 4 is 11.8 Å². The van der Waals surface area contributed by atoms with Gasteiger partial charge in [-0.15, -0.1) is 6.58 Å². The van der Waals surface area contributed by atoms with E-state index in [4.69, 9.17) is 5.11 Å². The Balaban J connectivity index is 2.99. The molecule has 5 nitrogen and oxygen atoms in total. The highest BCUT2D eigenvalue weighted by Crippen LogP contribution is 2.11. The Hall–Kier alpha value is -1.91. The van der Waals surface area contributed by atoms with E-state index in [1.807, 2.05) is 6.92 Å². The van der Waals surface area contributed by atoms with Gasteiger partial charge in [0, 0.05) is 18.3 Å². The molecule has 1 aromatic heterocycles. The maximum atomic E-state index is 10.7. The van der Waals surface area contributed by atoms with E-state index in [9.17, 15) is 4.79 Å². The van der Waals surface area contributed by atoms with E-state index in [2.05, 4.69) is 16.5 Å². The summed E-state index contributed by atoms with van der Waals surface area (Å²) in [6.45, 7) is 7.58. The van der Waals surface area contributed by atoms with Crippen molar-refractivity contribution in [1.29, 1.82) is 0 Å². The third kappa shape index (κ3) is 3.34. The smallest absolute Gasteiger partial charge is 0.323 e. The van der Waals surface area contributed by atoms with Gasteiger partial charge in [0.05, 0.1) is 0 Å². The summed E-state index contributed by atoms with van der Waals surface area (Å²) >= 11 is 0. The van der Waals surface area contributed by atoms with Crippen LogP contribution in [-0.2, 0) is 4.79 Å². The van der Waals surface area contributed by atoms with Crippen LogP contribution in [0.1, 0.15) is 11.5 Å². The van der Waals surface area contributed by atoms with Gasteiger partial charge in [-0.25, -0.2) is 9.97 Å². The lowest BCUT2D eigenvalue weighted by molar-refractivity contribution is -0.135. The van der Waals surface area contributed by atoms with Crippen LogP contribution < -0.4 is 4.90 Å². The number of rotatable bonds is 5. The van der Waals surface area contributed by atoms with Crippen molar-refractivity contribution in [3.05, 3.63) is 30.2 Å². The molecule has 0 spiro atoms. The number of hydrogen-bond donors (Lipinski definition) is 1. The quantitative estimate of drug-likeness (QED) is 0.756. The summed E-state index contributed by atoms with van der Waals surface area (Å²) in [7, 11) is 0. The maximum absolute atomic E-state index is 10.7. The van der Waals surface area contributed by atoms with Crippen molar-refractivity contribution in [3.8, 4) is 0 Å². The van der Waals surface area contributed by atoms with Crippen LogP contribution in [0.4, 0.5) is 5.82 Å². The summed E-state index contributed by atoms with van der Waals surface area (Å²) in [5, 5.41) is 8.79. The number of carboxylic acid groups (broad SMARTS) is 1. The van der Waals surface area contributed by atoms with Gasteiger partial charge in [0.25, 0.3) is 0 Å². The summed E-state index contributed by atoms with van der Waals surface area (Å²) in [5.41, 5.74) is 0.821.